The van der Waals surface area contributed by atoms with Gasteiger partial charge in [-0.15, -0.1) is 0 Å². The van der Waals surface area contributed by atoms with Gasteiger partial charge in [0.1, 0.15) is 0 Å². The van der Waals surface area contributed by atoms with Crippen molar-refractivity contribution in [1.29, 1.82) is 0 Å². The third-order valence-electron chi connectivity index (χ3n) is 5.52. The van der Waals surface area contributed by atoms with Gasteiger partial charge in [0.25, 0.3) is 0 Å². The minimum Gasteiger partial charge on any atom is -0.396 e. The van der Waals surface area contributed by atoms with E-state index in [1.165, 1.54) is 19.3 Å². The average Bonchev–Trinajstić information content (AvgIpc) is 2.51. The summed E-state index contributed by atoms with van der Waals surface area (Å²) in [5.74, 6) is 0.911. The van der Waals surface area contributed by atoms with Gasteiger partial charge in [0.15, 0.2) is 0 Å². The van der Waals surface area contributed by atoms with Crippen molar-refractivity contribution in [3.63, 3.8) is 0 Å². The Morgan fingerprint density at radius 3 is 2.53 bits per heavy atom. The molecule has 2 aliphatic carbocycles. The highest BCUT2D eigenvalue weighted by Gasteiger charge is 2.60. The van der Waals surface area contributed by atoms with Gasteiger partial charge in [0, 0.05) is 12.6 Å². The van der Waals surface area contributed by atoms with Crippen molar-refractivity contribution in [2.45, 2.75) is 52.5 Å². The van der Waals surface area contributed by atoms with Crippen LogP contribution in [-0.2, 0) is 0 Å². The summed E-state index contributed by atoms with van der Waals surface area (Å²) >= 11 is 0. The third-order valence-corrected chi connectivity index (χ3v) is 5.52. The maximum atomic E-state index is 8.80. The summed E-state index contributed by atoms with van der Waals surface area (Å²) in [6.07, 6.45) is 5.02. The van der Waals surface area contributed by atoms with E-state index in [0.717, 1.165) is 18.9 Å². The van der Waals surface area contributed by atoms with Crippen molar-refractivity contribution in [1.82, 2.24) is 5.32 Å². The Kier molecular flexibility index (Phi) is 2.85. The summed E-state index contributed by atoms with van der Waals surface area (Å²) < 4.78 is 0. The first-order valence-corrected chi connectivity index (χ1v) is 6.36. The molecule has 2 bridgehead atoms. The number of fused-ring (bicyclic) bond motifs is 2. The lowest BCUT2D eigenvalue weighted by atomic mass is 9.69. The highest BCUT2D eigenvalue weighted by molar-refractivity contribution is 5.12. The van der Waals surface area contributed by atoms with E-state index in [-0.39, 0.29) is 0 Å². The van der Waals surface area contributed by atoms with Crippen LogP contribution in [0.2, 0.25) is 0 Å². The number of hydrogen-bond acceptors (Lipinski definition) is 2. The SMILES string of the molecule is CC1(C)C2CCC1(C)C(NCCCO)C2. The normalized spacial score (nSPS) is 42.4. The Morgan fingerprint density at radius 1 is 1.33 bits per heavy atom. The Hall–Kier alpha value is -0.0800. The van der Waals surface area contributed by atoms with Crippen LogP contribution in [0.5, 0.6) is 0 Å². The third kappa shape index (κ3) is 1.53. The van der Waals surface area contributed by atoms with Crippen LogP contribution in [0.1, 0.15) is 46.5 Å². The van der Waals surface area contributed by atoms with Crippen LogP contribution in [0.4, 0.5) is 0 Å². The van der Waals surface area contributed by atoms with Crippen LogP contribution >= 0.6 is 0 Å². The van der Waals surface area contributed by atoms with Crippen LogP contribution in [-0.4, -0.2) is 24.3 Å². The molecule has 88 valence electrons. The lowest BCUT2D eigenvalue weighted by Gasteiger charge is -2.39. The number of rotatable bonds is 4. The summed E-state index contributed by atoms with van der Waals surface area (Å²) in [5, 5.41) is 12.4. The Morgan fingerprint density at radius 2 is 2.07 bits per heavy atom. The summed E-state index contributed by atoms with van der Waals surface area (Å²) in [4.78, 5) is 0. The van der Waals surface area contributed by atoms with Crippen LogP contribution in [0, 0.1) is 16.7 Å². The van der Waals surface area contributed by atoms with Gasteiger partial charge >= 0.3 is 0 Å². The molecule has 0 aliphatic heterocycles. The molecule has 0 heterocycles. The largest absolute Gasteiger partial charge is 0.396 e. The fraction of sp³-hybridized carbons (Fsp3) is 1.00. The van der Waals surface area contributed by atoms with Crippen LogP contribution in [0.15, 0.2) is 0 Å². The van der Waals surface area contributed by atoms with Gasteiger partial charge in [-0.3, -0.25) is 0 Å². The van der Waals surface area contributed by atoms with Gasteiger partial charge in [0.05, 0.1) is 0 Å². The molecule has 2 saturated carbocycles. The smallest absolute Gasteiger partial charge is 0.0443 e. The minimum absolute atomic E-state index is 0.309. The van der Waals surface area contributed by atoms with Crippen molar-refractivity contribution < 1.29 is 5.11 Å². The fourth-order valence-corrected chi connectivity index (χ4v) is 3.87. The van der Waals surface area contributed by atoms with Crippen molar-refractivity contribution in [3.8, 4) is 0 Å². The number of nitrogens with one attached hydrogen (secondary N) is 1. The molecule has 0 aromatic heterocycles. The zero-order valence-electron chi connectivity index (χ0n) is 10.3. The summed E-state index contributed by atoms with van der Waals surface area (Å²) in [5.41, 5.74) is 0.983. The van der Waals surface area contributed by atoms with Crippen molar-refractivity contribution in [2.75, 3.05) is 13.2 Å². The average molecular weight is 211 g/mol. The molecule has 0 aromatic carbocycles. The second kappa shape index (κ2) is 3.74. The molecule has 0 aromatic rings. The van der Waals surface area contributed by atoms with E-state index in [4.69, 9.17) is 5.11 Å². The molecular weight excluding hydrogens is 186 g/mol. The first kappa shape index (κ1) is 11.4. The Labute approximate surface area is 93.5 Å². The molecule has 2 heteroatoms. The van der Waals surface area contributed by atoms with Gasteiger partial charge in [-0.1, -0.05) is 20.8 Å². The molecule has 2 rings (SSSR count). The Balaban J connectivity index is 1.99. The zero-order chi connectivity index (χ0) is 11.1. The van der Waals surface area contributed by atoms with Gasteiger partial charge < -0.3 is 10.4 Å². The molecule has 3 atom stereocenters. The fourth-order valence-electron chi connectivity index (χ4n) is 3.87. The lowest BCUT2D eigenvalue weighted by molar-refractivity contribution is 0.120. The summed E-state index contributed by atoms with van der Waals surface area (Å²) in [6.45, 7) is 8.62. The molecule has 2 nitrogen and oxygen atoms in total. The van der Waals surface area contributed by atoms with Crippen LogP contribution < -0.4 is 5.32 Å². The number of aliphatic hydroxyl groups excluding tert-OH is 1. The maximum absolute atomic E-state index is 8.80. The van der Waals surface area contributed by atoms with Gasteiger partial charge in [-0.25, -0.2) is 0 Å². The van der Waals surface area contributed by atoms with E-state index in [0.29, 0.717) is 23.5 Å². The highest BCUT2D eigenvalue weighted by atomic mass is 16.3. The van der Waals surface area contributed by atoms with Crippen molar-refractivity contribution in [3.05, 3.63) is 0 Å². The molecule has 0 amide bonds. The molecular formula is C13H25NO. The molecule has 2 aliphatic rings. The van der Waals surface area contributed by atoms with E-state index in [1.54, 1.807) is 0 Å². The summed E-state index contributed by atoms with van der Waals surface area (Å²) in [6, 6.07) is 0.679. The van der Waals surface area contributed by atoms with E-state index < -0.39 is 0 Å². The van der Waals surface area contributed by atoms with E-state index >= 15 is 0 Å². The number of aliphatic hydroxyl groups is 1. The molecule has 0 spiro atoms. The van der Waals surface area contributed by atoms with E-state index in [2.05, 4.69) is 26.1 Å². The molecule has 2 fully saturated rings. The van der Waals surface area contributed by atoms with Crippen LogP contribution in [0.3, 0.4) is 0 Å². The van der Waals surface area contributed by atoms with Gasteiger partial charge in [-0.2, -0.15) is 0 Å². The summed E-state index contributed by atoms with van der Waals surface area (Å²) in [7, 11) is 0. The van der Waals surface area contributed by atoms with Gasteiger partial charge in [-0.05, 0) is 49.0 Å². The topological polar surface area (TPSA) is 32.3 Å². The minimum atomic E-state index is 0.309. The maximum Gasteiger partial charge on any atom is 0.0443 e. The predicted molar refractivity (Wildman–Crippen MR) is 62.7 cm³/mol. The van der Waals surface area contributed by atoms with Crippen molar-refractivity contribution >= 4 is 0 Å². The van der Waals surface area contributed by atoms with E-state index in [1.807, 2.05) is 0 Å². The van der Waals surface area contributed by atoms with Crippen LogP contribution in [0.25, 0.3) is 0 Å². The van der Waals surface area contributed by atoms with E-state index in [9.17, 15) is 0 Å². The highest BCUT2D eigenvalue weighted by Crippen LogP contribution is 2.65. The zero-order valence-corrected chi connectivity index (χ0v) is 10.3. The second-order valence-corrected chi connectivity index (χ2v) is 6.19. The van der Waals surface area contributed by atoms with Crippen molar-refractivity contribution in [2.24, 2.45) is 16.7 Å². The second-order valence-electron chi connectivity index (χ2n) is 6.19. The first-order chi connectivity index (χ1) is 7.02. The number of hydrogen-bond donors (Lipinski definition) is 2. The Bertz CT molecular complexity index is 239. The molecule has 2 N–H and O–H groups in total. The first-order valence-electron chi connectivity index (χ1n) is 6.36. The quantitative estimate of drug-likeness (QED) is 0.699. The molecule has 3 unspecified atom stereocenters. The lowest BCUT2D eigenvalue weighted by Crippen LogP contribution is -2.44. The standard InChI is InChI=1S/C13H25NO/c1-12(2)10-5-6-13(12,3)11(9-10)14-7-4-8-15/h10-11,14-15H,4-9H2,1-3H3. The molecule has 0 saturated heterocycles. The molecule has 0 radical (unpaired) electrons. The molecule has 15 heavy (non-hydrogen) atoms. The van der Waals surface area contributed by atoms with Gasteiger partial charge in [0.2, 0.25) is 0 Å². The predicted octanol–water partition coefficient (Wildman–Crippen LogP) is 2.17. The monoisotopic (exact) mass is 211 g/mol.